The number of ether oxygens (including phenoxy) is 1. The van der Waals surface area contributed by atoms with E-state index >= 15 is 0 Å². The van der Waals surface area contributed by atoms with Gasteiger partial charge in [0.1, 0.15) is 17.3 Å². The van der Waals surface area contributed by atoms with Crippen LogP contribution in [0.2, 0.25) is 10.0 Å². The zero-order valence-electron chi connectivity index (χ0n) is 17.5. The lowest BCUT2D eigenvalue weighted by Gasteiger charge is -2.27. The monoisotopic (exact) mass is 516 g/mol. The number of nitrogens with one attached hydrogen (secondary N) is 2. The highest BCUT2D eigenvalue weighted by Crippen LogP contribution is 2.42. The van der Waals surface area contributed by atoms with Gasteiger partial charge in [0.15, 0.2) is 5.60 Å². The van der Waals surface area contributed by atoms with Gasteiger partial charge in [-0.3, -0.25) is 0 Å². The summed E-state index contributed by atoms with van der Waals surface area (Å²) in [5.74, 6) is 0.593. The first-order chi connectivity index (χ1) is 15.9. The van der Waals surface area contributed by atoms with Crippen LogP contribution in [-0.4, -0.2) is 17.3 Å². The lowest BCUT2D eigenvalue weighted by molar-refractivity contribution is -0.258. The van der Waals surface area contributed by atoms with Crippen molar-refractivity contribution in [1.82, 2.24) is 5.32 Å². The minimum atomic E-state index is -4.95. The summed E-state index contributed by atoms with van der Waals surface area (Å²) in [6, 6.07) is 13.3. The van der Waals surface area contributed by atoms with Crippen molar-refractivity contribution in [2.45, 2.75) is 25.2 Å². The average molecular weight is 517 g/mol. The number of carbonyl (C=O) groups excluding carboxylic acids is 1. The number of hydrogen-bond donors (Lipinski definition) is 3. The predicted molar refractivity (Wildman–Crippen MR) is 121 cm³/mol. The molecule has 3 aromatic carbocycles. The second-order valence-electron chi connectivity index (χ2n) is 7.39. The van der Waals surface area contributed by atoms with Crippen LogP contribution in [0.1, 0.15) is 18.1 Å². The van der Waals surface area contributed by atoms with E-state index < -0.39 is 23.4 Å². The van der Waals surface area contributed by atoms with Crippen LogP contribution in [0.5, 0.6) is 11.5 Å². The number of rotatable bonds is 6. The smallest absolute Gasteiger partial charge is 0.421 e. The van der Waals surface area contributed by atoms with Crippen LogP contribution in [-0.2, 0) is 12.1 Å². The Hall–Kier alpha value is -3.01. The Balaban J connectivity index is 1.60. The third kappa shape index (κ3) is 6.11. The number of alkyl halides is 3. The summed E-state index contributed by atoms with van der Waals surface area (Å²) in [4.78, 5) is 12.2. The number of amides is 2. The average Bonchev–Trinajstić information content (AvgIpc) is 2.76. The van der Waals surface area contributed by atoms with Crippen molar-refractivity contribution in [3.8, 4) is 11.5 Å². The molecule has 0 saturated heterocycles. The van der Waals surface area contributed by atoms with E-state index in [4.69, 9.17) is 27.9 Å². The topological polar surface area (TPSA) is 70.6 Å². The van der Waals surface area contributed by atoms with Crippen LogP contribution in [0.4, 0.5) is 28.0 Å². The van der Waals surface area contributed by atoms with Gasteiger partial charge in [-0.05, 0) is 66.6 Å². The molecular formula is C23H18Cl2F4N2O3. The summed E-state index contributed by atoms with van der Waals surface area (Å²) in [7, 11) is 0. The lowest BCUT2D eigenvalue weighted by Crippen LogP contribution is -2.39. The third-order valence-electron chi connectivity index (χ3n) is 4.82. The Morgan fingerprint density at radius 3 is 1.97 bits per heavy atom. The van der Waals surface area contributed by atoms with E-state index in [0.29, 0.717) is 18.4 Å². The summed E-state index contributed by atoms with van der Waals surface area (Å²) in [6.45, 7) is 0.684. The van der Waals surface area contributed by atoms with Gasteiger partial charge in [-0.2, -0.15) is 13.2 Å². The fourth-order valence-electron chi connectivity index (χ4n) is 2.79. The van der Waals surface area contributed by atoms with Crippen LogP contribution >= 0.6 is 23.2 Å². The molecule has 3 N–H and O–H groups in total. The van der Waals surface area contributed by atoms with Gasteiger partial charge in [0.2, 0.25) is 0 Å². The Labute approximate surface area is 202 Å². The standard InChI is InChI=1S/C23H18Cl2F4N2O3/c1-22(33,23(27,28)29)14-10-18(24)20(19(25)11-14)31-21(32)30-12-13-2-6-16(7-3-13)34-17-8-4-15(26)5-9-17/h2-11,33H,12H2,1H3,(H2,30,31,32)/t22-/m1/s1. The number of urea groups is 1. The van der Waals surface area contributed by atoms with Crippen molar-refractivity contribution in [3.05, 3.63) is 87.7 Å². The van der Waals surface area contributed by atoms with E-state index in [1.807, 2.05) is 0 Å². The predicted octanol–water partition coefficient (Wildman–Crippen LogP) is 7.02. The first-order valence-electron chi connectivity index (χ1n) is 9.72. The Morgan fingerprint density at radius 2 is 1.47 bits per heavy atom. The molecule has 34 heavy (non-hydrogen) atoms. The number of halogens is 6. The first kappa shape index (κ1) is 25.6. The van der Waals surface area contributed by atoms with E-state index in [1.165, 1.54) is 24.3 Å². The van der Waals surface area contributed by atoms with Gasteiger partial charge in [-0.25, -0.2) is 9.18 Å². The fourth-order valence-corrected chi connectivity index (χ4v) is 3.37. The van der Waals surface area contributed by atoms with Gasteiger partial charge in [0.05, 0.1) is 15.7 Å². The highest BCUT2D eigenvalue weighted by molar-refractivity contribution is 6.39. The summed E-state index contributed by atoms with van der Waals surface area (Å²) >= 11 is 12.0. The maximum atomic E-state index is 13.1. The zero-order chi connectivity index (χ0) is 25.1. The molecule has 0 saturated carbocycles. The van der Waals surface area contributed by atoms with Crippen molar-refractivity contribution in [2.24, 2.45) is 0 Å². The molecule has 3 aromatic rings. The second kappa shape index (κ2) is 10.1. The van der Waals surface area contributed by atoms with Crippen LogP contribution < -0.4 is 15.4 Å². The molecule has 3 rings (SSSR count). The number of benzene rings is 3. The maximum absolute atomic E-state index is 13.1. The third-order valence-corrected chi connectivity index (χ3v) is 5.42. The van der Waals surface area contributed by atoms with Crippen LogP contribution in [0.3, 0.4) is 0 Å². The van der Waals surface area contributed by atoms with Crippen molar-refractivity contribution in [3.63, 3.8) is 0 Å². The Bertz CT molecular complexity index is 1150. The quantitative estimate of drug-likeness (QED) is 0.308. The van der Waals surface area contributed by atoms with E-state index in [1.54, 1.807) is 24.3 Å². The zero-order valence-corrected chi connectivity index (χ0v) is 19.0. The van der Waals surface area contributed by atoms with Gasteiger partial charge in [0.25, 0.3) is 0 Å². The molecule has 2 amide bonds. The molecule has 0 bridgehead atoms. The molecule has 0 aromatic heterocycles. The molecule has 0 spiro atoms. The molecule has 0 radical (unpaired) electrons. The van der Waals surface area contributed by atoms with Crippen molar-refractivity contribution >= 4 is 34.9 Å². The summed E-state index contributed by atoms with van der Waals surface area (Å²) in [5, 5.41) is 14.2. The lowest BCUT2D eigenvalue weighted by atomic mass is 9.95. The van der Waals surface area contributed by atoms with Crippen molar-refractivity contribution in [2.75, 3.05) is 5.32 Å². The SMILES string of the molecule is C[C@@](O)(c1cc(Cl)c(NC(=O)NCc2ccc(Oc3ccc(F)cc3)cc2)c(Cl)c1)C(F)(F)F. The number of hydrogen-bond acceptors (Lipinski definition) is 3. The molecule has 1 atom stereocenters. The van der Waals surface area contributed by atoms with Gasteiger partial charge in [0, 0.05) is 6.54 Å². The fraction of sp³-hybridized carbons (Fsp3) is 0.174. The molecule has 0 aliphatic heterocycles. The Kier molecular flexibility index (Phi) is 7.60. The first-order valence-corrected chi connectivity index (χ1v) is 10.5. The molecule has 0 aliphatic rings. The van der Waals surface area contributed by atoms with E-state index in [2.05, 4.69) is 10.6 Å². The highest BCUT2D eigenvalue weighted by atomic mass is 35.5. The molecule has 180 valence electrons. The maximum Gasteiger partial charge on any atom is 0.421 e. The largest absolute Gasteiger partial charge is 0.457 e. The number of aliphatic hydroxyl groups is 1. The van der Waals surface area contributed by atoms with Crippen LogP contribution in [0.25, 0.3) is 0 Å². The van der Waals surface area contributed by atoms with E-state index in [0.717, 1.165) is 17.7 Å². The van der Waals surface area contributed by atoms with Gasteiger partial charge < -0.3 is 20.5 Å². The Morgan fingerprint density at radius 1 is 0.971 bits per heavy atom. The van der Waals surface area contributed by atoms with Crippen molar-refractivity contribution in [1.29, 1.82) is 0 Å². The summed E-state index contributed by atoms with van der Waals surface area (Å²) in [5.41, 5.74) is -3.13. The molecule has 0 aliphatic carbocycles. The molecule has 11 heteroatoms. The molecule has 5 nitrogen and oxygen atoms in total. The molecule has 0 fully saturated rings. The van der Waals surface area contributed by atoms with Gasteiger partial charge in [-0.1, -0.05) is 35.3 Å². The van der Waals surface area contributed by atoms with E-state index in [-0.39, 0.29) is 28.1 Å². The molecular weight excluding hydrogens is 499 g/mol. The summed E-state index contributed by atoms with van der Waals surface area (Å²) < 4.78 is 57.7. The van der Waals surface area contributed by atoms with Crippen molar-refractivity contribution < 1.29 is 32.2 Å². The van der Waals surface area contributed by atoms with Gasteiger partial charge in [-0.15, -0.1) is 0 Å². The summed E-state index contributed by atoms with van der Waals surface area (Å²) in [6.07, 6.45) is -4.95. The highest BCUT2D eigenvalue weighted by Gasteiger charge is 2.51. The van der Waals surface area contributed by atoms with Gasteiger partial charge >= 0.3 is 12.2 Å². The molecule has 0 unspecified atom stereocenters. The number of anilines is 1. The van der Waals surface area contributed by atoms with Crippen LogP contribution in [0.15, 0.2) is 60.7 Å². The minimum Gasteiger partial charge on any atom is -0.457 e. The second-order valence-corrected chi connectivity index (χ2v) is 8.21. The number of carbonyl (C=O) groups is 1. The van der Waals surface area contributed by atoms with E-state index in [9.17, 15) is 27.5 Å². The minimum absolute atomic E-state index is 0.106. The normalized spacial score (nSPS) is 13.2. The molecule has 0 heterocycles. The van der Waals surface area contributed by atoms with Crippen LogP contribution in [0, 0.1) is 5.82 Å².